The summed E-state index contributed by atoms with van der Waals surface area (Å²) < 4.78 is 7.72. The van der Waals surface area contributed by atoms with Gasteiger partial charge in [0, 0.05) is 30.0 Å². The van der Waals surface area contributed by atoms with Gasteiger partial charge in [0.05, 0.1) is 23.7 Å². The molecule has 2 amide bonds. The summed E-state index contributed by atoms with van der Waals surface area (Å²) in [6.07, 6.45) is 2.28. The van der Waals surface area contributed by atoms with Crippen LogP contribution in [0.4, 0.5) is 10.7 Å². The number of likely N-dealkylation sites (tertiary alicyclic amines) is 1. The van der Waals surface area contributed by atoms with Gasteiger partial charge in [-0.15, -0.1) is 0 Å². The van der Waals surface area contributed by atoms with E-state index < -0.39 is 5.60 Å². The number of benzene rings is 1. The number of aryl methyl sites for hydroxylation is 3. The Hall–Kier alpha value is -3.46. The van der Waals surface area contributed by atoms with Crippen LogP contribution < -0.4 is 5.32 Å². The van der Waals surface area contributed by atoms with Gasteiger partial charge in [-0.3, -0.25) is 15.1 Å². The van der Waals surface area contributed by atoms with Crippen molar-refractivity contribution in [1.82, 2.24) is 19.4 Å². The van der Waals surface area contributed by atoms with Gasteiger partial charge in [0.25, 0.3) is 5.91 Å². The Morgan fingerprint density at radius 1 is 1.08 bits per heavy atom. The van der Waals surface area contributed by atoms with Crippen molar-refractivity contribution in [3.8, 4) is 0 Å². The fourth-order valence-corrected chi connectivity index (χ4v) is 5.00. The molecule has 1 fully saturated rings. The lowest BCUT2D eigenvalue weighted by Crippen LogP contribution is -2.39. The number of ether oxygens (including phenoxy) is 1. The lowest BCUT2D eigenvalue weighted by atomic mass is 10.1. The van der Waals surface area contributed by atoms with Crippen LogP contribution in [0.1, 0.15) is 78.9 Å². The molecule has 0 spiro atoms. The van der Waals surface area contributed by atoms with Crippen molar-refractivity contribution >= 4 is 29.0 Å². The first-order valence-corrected chi connectivity index (χ1v) is 12.8. The van der Waals surface area contributed by atoms with Crippen molar-refractivity contribution < 1.29 is 19.4 Å². The van der Waals surface area contributed by atoms with Gasteiger partial charge in [-0.05, 0) is 90.1 Å². The molecule has 9 heteroatoms. The molecule has 0 radical (unpaired) electrons. The summed E-state index contributed by atoms with van der Waals surface area (Å²) in [7, 11) is 0. The lowest BCUT2D eigenvalue weighted by Gasteiger charge is -2.29. The predicted octanol–water partition coefficient (Wildman–Crippen LogP) is 5.06. The normalized spacial score (nSPS) is 16.5. The summed E-state index contributed by atoms with van der Waals surface area (Å²) in [6.45, 7) is 12.2. The van der Waals surface area contributed by atoms with Gasteiger partial charge in [0.2, 0.25) is 5.95 Å². The number of hydrogen-bond donors (Lipinski definition) is 2. The highest BCUT2D eigenvalue weighted by atomic mass is 16.6. The Morgan fingerprint density at radius 2 is 1.78 bits per heavy atom. The molecule has 1 aliphatic rings. The quantitative estimate of drug-likeness (QED) is 0.511. The number of fused-ring (bicyclic) bond motifs is 1. The molecule has 0 aliphatic carbocycles. The number of aromatic nitrogens is 3. The van der Waals surface area contributed by atoms with E-state index in [4.69, 9.17) is 9.72 Å². The summed E-state index contributed by atoms with van der Waals surface area (Å²) in [5, 5.41) is 12.8. The number of carbonyl (C=O) groups is 2. The highest BCUT2D eigenvalue weighted by Gasteiger charge is 2.30. The zero-order valence-corrected chi connectivity index (χ0v) is 22.6. The van der Waals surface area contributed by atoms with Crippen LogP contribution in [-0.2, 0) is 11.3 Å². The maximum atomic E-state index is 13.3. The molecule has 1 saturated heterocycles. The summed E-state index contributed by atoms with van der Waals surface area (Å²) in [6, 6.07) is 7.16. The summed E-state index contributed by atoms with van der Waals surface area (Å²) >= 11 is 0. The third kappa shape index (κ3) is 6.10. The molecule has 9 nitrogen and oxygen atoms in total. The molecule has 3 aromatic rings. The Balaban J connectivity index is 1.77. The van der Waals surface area contributed by atoms with E-state index in [2.05, 4.69) is 10.3 Å². The van der Waals surface area contributed by atoms with Crippen LogP contribution in [0.2, 0.25) is 0 Å². The number of rotatable bonds is 4. The average Bonchev–Trinajstić information content (AvgIpc) is 2.98. The minimum absolute atomic E-state index is 0.100. The van der Waals surface area contributed by atoms with Gasteiger partial charge >= 0.3 is 6.09 Å². The molecule has 2 aromatic heterocycles. The maximum Gasteiger partial charge on any atom is 0.410 e. The van der Waals surface area contributed by atoms with Crippen LogP contribution in [0.3, 0.4) is 0 Å². The average molecular weight is 508 g/mol. The summed E-state index contributed by atoms with van der Waals surface area (Å²) in [4.78, 5) is 37.2. The second-order valence-corrected chi connectivity index (χ2v) is 10.9. The van der Waals surface area contributed by atoms with E-state index in [1.165, 1.54) is 0 Å². The van der Waals surface area contributed by atoms with Crippen LogP contribution in [0.5, 0.6) is 0 Å². The number of hydrogen-bond acceptors (Lipinski definition) is 6. The molecule has 0 bridgehead atoms. The van der Waals surface area contributed by atoms with Gasteiger partial charge in [-0.1, -0.05) is 6.07 Å². The van der Waals surface area contributed by atoms with E-state index >= 15 is 0 Å². The smallest absolute Gasteiger partial charge is 0.410 e. The van der Waals surface area contributed by atoms with Crippen molar-refractivity contribution in [2.45, 2.75) is 79.1 Å². The summed E-state index contributed by atoms with van der Waals surface area (Å²) in [5.74, 6) is 0.143. The first-order valence-electron chi connectivity index (χ1n) is 12.8. The second kappa shape index (κ2) is 10.5. The zero-order valence-electron chi connectivity index (χ0n) is 22.6. The van der Waals surface area contributed by atoms with Crippen molar-refractivity contribution in [3.63, 3.8) is 0 Å². The largest absolute Gasteiger partial charge is 0.444 e. The Labute approximate surface area is 217 Å². The lowest BCUT2D eigenvalue weighted by molar-refractivity contribution is 0.0238. The first-order chi connectivity index (χ1) is 17.4. The summed E-state index contributed by atoms with van der Waals surface area (Å²) in [5.41, 5.74) is 4.71. The number of anilines is 1. The monoisotopic (exact) mass is 507 g/mol. The van der Waals surface area contributed by atoms with Crippen LogP contribution >= 0.6 is 0 Å². The Morgan fingerprint density at radius 3 is 2.43 bits per heavy atom. The van der Waals surface area contributed by atoms with Crippen LogP contribution in [-0.4, -0.2) is 55.2 Å². The fraction of sp³-hybridized carbons (Fsp3) is 0.500. The number of imidazole rings is 1. The zero-order chi connectivity index (χ0) is 26.9. The van der Waals surface area contributed by atoms with Gasteiger partial charge in [0.15, 0.2) is 0 Å². The number of nitrogens with zero attached hydrogens (tertiary/aromatic N) is 4. The standard InChI is InChI=1S/C28H37N5O4/c1-17-11-20(16-34)14-23-24(17)33(22-9-7-8-10-32(15-22)27(36)37-28(4,5)6)26(30-23)31-25(35)21-12-18(2)29-19(3)13-21/h11-14,22,34H,7-10,15-16H2,1-6H3,(H,30,31,35). The van der Waals surface area contributed by atoms with Crippen LogP contribution in [0.15, 0.2) is 24.3 Å². The van der Waals surface area contributed by atoms with Crippen molar-refractivity contribution in [2.24, 2.45) is 0 Å². The van der Waals surface area contributed by atoms with Gasteiger partial charge in [-0.25, -0.2) is 9.78 Å². The molecule has 37 heavy (non-hydrogen) atoms. The molecule has 198 valence electrons. The van der Waals surface area contributed by atoms with Gasteiger partial charge in [0.1, 0.15) is 5.60 Å². The molecule has 4 rings (SSSR count). The van der Waals surface area contributed by atoms with Crippen molar-refractivity contribution in [3.05, 3.63) is 52.3 Å². The van der Waals surface area contributed by atoms with E-state index in [1.54, 1.807) is 17.0 Å². The van der Waals surface area contributed by atoms with E-state index in [0.717, 1.165) is 47.3 Å². The van der Waals surface area contributed by atoms with Crippen LogP contribution in [0, 0.1) is 20.8 Å². The molecular weight excluding hydrogens is 470 g/mol. The maximum absolute atomic E-state index is 13.3. The van der Waals surface area contributed by atoms with Crippen LogP contribution in [0.25, 0.3) is 11.0 Å². The molecule has 1 atom stereocenters. The molecule has 1 aliphatic heterocycles. The molecular formula is C28H37N5O4. The Kier molecular flexibility index (Phi) is 7.54. The number of amides is 2. The molecule has 3 heterocycles. The van der Waals surface area contributed by atoms with E-state index in [9.17, 15) is 14.7 Å². The third-order valence-corrected chi connectivity index (χ3v) is 6.45. The topological polar surface area (TPSA) is 110 Å². The van der Waals surface area contributed by atoms with Crippen molar-refractivity contribution in [1.29, 1.82) is 0 Å². The minimum atomic E-state index is -0.586. The van der Waals surface area contributed by atoms with Gasteiger partial charge in [-0.2, -0.15) is 0 Å². The second-order valence-electron chi connectivity index (χ2n) is 10.9. The van der Waals surface area contributed by atoms with E-state index in [1.807, 2.05) is 58.2 Å². The molecule has 1 aromatic carbocycles. The highest BCUT2D eigenvalue weighted by molar-refractivity contribution is 6.04. The molecule has 1 unspecified atom stereocenters. The van der Waals surface area contributed by atoms with Gasteiger partial charge < -0.3 is 19.3 Å². The van der Waals surface area contributed by atoms with E-state index in [0.29, 0.717) is 30.1 Å². The minimum Gasteiger partial charge on any atom is -0.444 e. The predicted molar refractivity (Wildman–Crippen MR) is 143 cm³/mol. The number of aliphatic hydroxyl groups is 1. The molecule has 2 N–H and O–H groups in total. The SMILES string of the molecule is Cc1cc(C(=O)Nc2nc3cc(CO)cc(C)c3n2C2CCCCN(C(=O)OC(C)(C)C)C2)cc(C)n1. The van der Waals surface area contributed by atoms with E-state index in [-0.39, 0.29) is 24.6 Å². The number of carbonyl (C=O) groups excluding carboxylic acids is 2. The molecule has 0 saturated carbocycles. The number of pyridine rings is 1. The number of nitrogens with one attached hydrogen (secondary N) is 1. The third-order valence-electron chi connectivity index (χ3n) is 6.45. The Bertz CT molecular complexity index is 1300. The van der Waals surface area contributed by atoms with Crippen molar-refractivity contribution in [2.75, 3.05) is 18.4 Å². The highest BCUT2D eigenvalue weighted by Crippen LogP contribution is 2.33. The first kappa shape index (κ1) is 26.6. The number of aliphatic hydroxyl groups excluding tert-OH is 1. The fourth-order valence-electron chi connectivity index (χ4n) is 5.00.